The van der Waals surface area contributed by atoms with Crippen molar-refractivity contribution in [2.24, 2.45) is 0 Å². The summed E-state index contributed by atoms with van der Waals surface area (Å²) in [6, 6.07) is 10.3. The summed E-state index contributed by atoms with van der Waals surface area (Å²) < 4.78 is 0. The highest BCUT2D eigenvalue weighted by atomic mass is 16.6. The minimum atomic E-state index is -0.510. The van der Waals surface area contributed by atoms with Crippen LogP contribution in [0.3, 0.4) is 0 Å². The average molecular weight is 327 g/mol. The Morgan fingerprint density at radius 3 is 2.54 bits per heavy atom. The van der Waals surface area contributed by atoms with E-state index < -0.39 is 4.92 Å². The number of anilines is 1. The first-order valence-corrected chi connectivity index (χ1v) is 7.68. The maximum absolute atomic E-state index is 12.1. The second kappa shape index (κ2) is 7.12. The Balaban J connectivity index is 2.39. The van der Waals surface area contributed by atoms with Crippen molar-refractivity contribution in [3.05, 3.63) is 68.8 Å². The van der Waals surface area contributed by atoms with Gasteiger partial charge in [0.05, 0.1) is 10.5 Å². The highest BCUT2D eigenvalue weighted by molar-refractivity contribution is 6.00. The molecule has 0 aliphatic rings. The number of hydrogen-bond donors (Lipinski definition) is 2. The van der Waals surface area contributed by atoms with Crippen molar-refractivity contribution < 1.29 is 9.72 Å². The molecule has 1 atom stereocenters. The zero-order chi connectivity index (χ0) is 17.9. The molecule has 126 valence electrons. The Labute approximate surface area is 141 Å². The number of nitro benzene ring substituents is 1. The van der Waals surface area contributed by atoms with Crippen molar-refractivity contribution in [1.29, 1.82) is 0 Å². The fraction of sp³-hybridized carbons (Fsp3) is 0.278. The molecule has 0 bridgehead atoms. The molecule has 0 heterocycles. The van der Waals surface area contributed by atoms with E-state index in [1.807, 2.05) is 32.0 Å². The first kappa shape index (κ1) is 17.5. The van der Waals surface area contributed by atoms with Crippen LogP contribution in [0.15, 0.2) is 36.4 Å². The van der Waals surface area contributed by atoms with Crippen molar-refractivity contribution >= 4 is 17.3 Å². The molecule has 0 aliphatic heterocycles. The van der Waals surface area contributed by atoms with Gasteiger partial charge in [-0.05, 0) is 43.5 Å². The number of hydrogen-bond acceptors (Lipinski definition) is 4. The maximum Gasteiger partial charge on any atom is 0.270 e. The lowest BCUT2D eigenvalue weighted by Gasteiger charge is -2.20. The van der Waals surface area contributed by atoms with Crippen LogP contribution in [-0.4, -0.2) is 17.9 Å². The fourth-order valence-electron chi connectivity index (χ4n) is 2.65. The molecule has 0 saturated heterocycles. The second-order valence-corrected chi connectivity index (χ2v) is 5.72. The molecular formula is C18H21N3O3. The van der Waals surface area contributed by atoms with E-state index >= 15 is 0 Å². The third-order valence-electron chi connectivity index (χ3n) is 4.17. The Morgan fingerprint density at radius 2 is 1.92 bits per heavy atom. The zero-order valence-electron chi connectivity index (χ0n) is 14.2. The van der Waals surface area contributed by atoms with Crippen LogP contribution >= 0.6 is 0 Å². The smallest absolute Gasteiger partial charge is 0.270 e. The summed E-state index contributed by atoms with van der Waals surface area (Å²) in [5.41, 5.74) is 4.20. The molecule has 6 nitrogen and oxygen atoms in total. The van der Waals surface area contributed by atoms with Gasteiger partial charge in [-0.1, -0.05) is 18.2 Å². The summed E-state index contributed by atoms with van der Waals surface area (Å²) in [6.45, 7) is 6.10. The lowest BCUT2D eigenvalue weighted by Crippen LogP contribution is -2.20. The summed E-state index contributed by atoms with van der Waals surface area (Å²) in [5, 5.41) is 16.8. The van der Waals surface area contributed by atoms with Gasteiger partial charge in [-0.15, -0.1) is 0 Å². The number of amides is 1. The van der Waals surface area contributed by atoms with Gasteiger partial charge >= 0.3 is 0 Å². The van der Waals surface area contributed by atoms with Crippen LogP contribution in [0, 0.1) is 24.0 Å². The van der Waals surface area contributed by atoms with Crippen LogP contribution in [0.2, 0.25) is 0 Å². The highest BCUT2D eigenvalue weighted by Crippen LogP contribution is 2.28. The third-order valence-corrected chi connectivity index (χ3v) is 4.17. The van der Waals surface area contributed by atoms with Crippen LogP contribution in [0.25, 0.3) is 0 Å². The first-order valence-electron chi connectivity index (χ1n) is 7.68. The zero-order valence-corrected chi connectivity index (χ0v) is 14.2. The lowest BCUT2D eigenvalue weighted by atomic mass is 9.98. The van der Waals surface area contributed by atoms with Gasteiger partial charge in [0.15, 0.2) is 0 Å². The third kappa shape index (κ3) is 3.53. The average Bonchev–Trinajstić information content (AvgIpc) is 2.56. The number of rotatable bonds is 5. The van der Waals surface area contributed by atoms with Crippen LogP contribution in [0.5, 0.6) is 0 Å². The minimum Gasteiger partial charge on any atom is -0.378 e. The van der Waals surface area contributed by atoms with E-state index in [0.717, 1.165) is 5.56 Å². The minimum absolute atomic E-state index is 0.0465. The van der Waals surface area contributed by atoms with Crippen LogP contribution in [-0.2, 0) is 0 Å². The van der Waals surface area contributed by atoms with Crippen LogP contribution in [0.4, 0.5) is 11.4 Å². The Hall–Kier alpha value is -2.89. The lowest BCUT2D eigenvalue weighted by molar-refractivity contribution is -0.384. The van der Waals surface area contributed by atoms with Crippen molar-refractivity contribution in [3.63, 3.8) is 0 Å². The van der Waals surface area contributed by atoms with E-state index in [0.29, 0.717) is 5.69 Å². The predicted molar refractivity (Wildman–Crippen MR) is 94.4 cm³/mol. The number of nitrogens with zero attached hydrogens (tertiary/aromatic N) is 1. The number of carbonyl (C=O) groups is 1. The number of nitro groups is 1. The largest absolute Gasteiger partial charge is 0.378 e. The monoisotopic (exact) mass is 327 g/mol. The number of nitrogens with one attached hydrogen (secondary N) is 2. The Morgan fingerprint density at radius 1 is 1.21 bits per heavy atom. The molecule has 0 saturated carbocycles. The van der Waals surface area contributed by atoms with Gasteiger partial charge in [0, 0.05) is 30.9 Å². The van der Waals surface area contributed by atoms with Gasteiger partial charge in [0.25, 0.3) is 11.6 Å². The molecule has 0 spiro atoms. The summed E-state index contributed by atoms with van der Waals surface area (Å²) in [7, 11) is 1.50. The molecule has 2 aromatic carbocycles. The number of carbonyl (C=O) groups excluding carboxylic acids is 1. The molecule has 1 amide bonds. The first-order chi connectivity index (χ1) is 11.3. The normalized spacial score (nSPS) is 11.7. The Bertz CT molecular complexity index is 787. The summed E-state index contributed by atoms with van der Waals surface area (Å²) in [5.74, 6) is -0.366. The van der Waals surface area contributed by atoms with Crippen LogP contribution < -0.4 is 10.6 Å². The topological polar surface area (TPSA) is 84.3 Å². The van der Waals surface area contributed by atoms with Gasteiger partial charge < -0.3 is 10.6 Å². The summed E-state index contributed by atoms with van der Waals surface area (Å²) in [4.78, 5) is 22.5. The van der Waals surface area contributed by atoms with Crippen molar-refractivity contribution in [2.75, 3.05) is 12.4 Å². The van der Waals surface area contributed by atoms with Gasteiger partial charge in [-0.25, -0.2) is 0 Å². The van der Waals surface area contributed by atoms with E-state index in [9.17, 15) is 14.9 Å². The summed E-state index contributed by atoms with van der Waals surface area (Å²) >= 11 is 0. The molecule has 1 unspecified atom stereocenters. The van der Waals surface area contributed by atoms with E-state index in [1.54, 1.807) is 6.07 Å². The predicted octanol–water partition coefficient (Wildman–Crippen LogP) is 3.74. The second-order valence-electron chi connectivity index (χ2n) is 5.72. The van der Waals surface area contributed by atoms with E-state index in [-0.39, 0.29) is 23.2 Å². The van der Waals surface area contributed by atoms with E-state index in [2.05, 4.69) is 17.6 Å². The van der Waals surface area contributed by atoms with E-state index in [4.69, 9.17) is 0 Å². The van der Waals surface area contributed by atoms with Crippen molar-refractivity contribution in [2.45, 2.75) is 26.8 Å². The molecule has 2 rings (SSSR count). The number of non-ortho nitro benzene ring substituents is 1. The molecule has 0 fully saturated rings. The number of aryl methyl sites for hydroxylation is 1. The molecule has 0 radical (unpaired) electrons. The van der Waals surface area contributed by atoms with Gasteiger partial charge in [-0.3, -0.25) is 14.9 Å². The van der Waals surface area contributed by atoms with Crippen LogP contribution in [0.1, 0.15) is 40.0 Å². The quantitative estimate of drug-likeness (QED) is 0.647. The number of benzene rings is 2. The van der Waals surface area contributed by atoms with Gasteiger partial charge in [-0.2, -0.15) is 0 Å². The summed E-state index contributed by atoms with van der Waals surface area (Å²) in [6.07, 6.45) is 0. The highest BCUT2D eigenvalue weighted by Gasteiger charge is 2.18. The van der Waals surface area contributed by atoms with Gasteiger partial charge in [0.2, 0.25) is 0 Å². The SMILES string of the molecule is CNC(=O)c1cc([N+](=O)[O-])ccc1NC(C)c1cccc(C)c1C. The molecular weight excluding hydrogens is 306 g/mol. The van der Waals surface area contributed by atoms with Crippen molar-refractivity contribution in [1.82, 2.24) is 5.32 Å². The molecule has 6 heteroatoms. The molecule has 2 aromatic rings. The maximum atomic E-state index is 12.1. The van der Waals surface area contributed by atoms with Crippen molar-refractivity contribution in [3.8, 4) is 0 Å². The fourth-order valence-corrected chi connectivity index (χ4v) is 2.65. The molecule has 24 heavy (non-hydrogen) atoms. The van der Waals surface area contributed by atoms with E-state index in [1.165, 1.54) is 30.3 Å². The molecule has 0 aromatic heterocycles. The Kier molecular flexibility index (Phi) is 5.18. The standard InChI is InChI=1S/C18H21N3O3/c1-11-6-5-7-15(12(11)2)13(3)20-17-9-8-14(21(23)24)10-16(17)18(22)19-4/h5-10,13,20H,1-4H3,(H,19,22). The molecule has 0 aliphatic carbocycles. The van der Waals surface area contributed by atoms with Gasteiger partial charge in [0.1, 0.15) is 0 Å². The molecule has 2 N–H and O–H groups in total.